The molecule has 3 heterocycles. The number of anilines is 2. The highest BCUT2D eigenvalue weighted by molar-refractivity contribution is 5.86. The lowest BCUT2D eigenvalue weighted by atomic mass is 10.1. The maximum Gasteiger partial charge on any atom is 0.222 e. The molecular formula is C12H10N6. The van der Waals surface area contributed by atoms with Crippen molar-refractivity contribution in [2.24, 2.45) is 0 Å². The van der Waals surface area contributed by atoms with Crippen LogP contribution in [-0.4, -0.2) is 19.9 Å². The Kier molecular flexibility index (Phi) is 2.26. The predicted molar refractivity (Wildman–Crippen MR) is 69.4 cm³/mol. The molecule has 0 saturated carbocycles. The van der Waals surface area contributed by atoms with E-state index in [1.807, 2.05) is 18.2 Å². The zero-order valence-corrected chi connectivity index (χ0v) is 9.41. The molecule has 0 saturated heterocycles. The Morgan fingerprint density at radius 1 is 1.00 bits per heavy atom. The van der Waals surface area contributed by atoms with Crippen LogP contribution in [-0.2, 0) is 0 Å². The molecule has 0 aliphatic carbocycles. The first kappa shape index (κ1) is 10.4. The molecule has 0 fully saturated rings. The molecule has 3 rings (SSSR count). The Balaban J connectivity index is 2.25. The topological polar surface area (TPSA) is 104 Å². The molecule has 6 nitrogen and oxygen atoms in total. The van der Waals surface area contributed by atoms with Gasteiger partial charge >= 0.3 is 0 Å². The number of nitrogen functional groups attached to an aromatic ring is 2. The van der Waals surface area contributed by atoms with Gasteiger partial charge in [0.25, 0.3) is 0 Å². The molecule has 3 aromatic rings. The van der Waals surface area contributed by atoms with Gasteiger partial charge in [0, 0.05) is 29.5 Å². The monoisotopic (exact) mass is 238 g/mol. The number of nitrogens with zero attached hydrogens (tertiary/aromatic N) is 4. The van der Waals surface area contributed by atoms with Gasteiger partial charge in [0.2, 0.25) is 5.95 Å². The highest BCUT2D eigenvalue weighted by atomic mass is 15.0. The van der Waals surface area contributed by atoms with Gasteiger partial charge in [-0.15, -0.1) is 0 Å². The van der Waals surface area contributed by atoms with Crippen LogP contribution in [0.4, 0.5) is 11.8 Å². The summed E-state index contributed by atoms with van der Waals surface area (Å²) in [5.41, 5.74) is 13.7. The Hall–Kier alpha value is -2.76. The number of hydrogen-bond donors (Lipinski definition) is 2. The molecule has 88 valence electrons. The molecular weight excluding hydrogens is 228 g/mol. The number of hydrogen-bond acceptors (Lipinski definition) is 6. The summed E-state index contributed by atoms with van der Waals surface area (Å²) in [6, 6.07) is 5.64. The van der Waals surface area contributed by atoms with Crippen molar-refractivity contribution in [2.45, 2.75) is 0 Å². The van der Waals surface area contributed by atoms with E-state index in [4.69, 9.17) is 11.5 Å². The summed E-state index contributed by atoms with van der Waals surface area (Å²) in [4.78, 5) is 16.2. The third-order valence-electron chi connectivity index (χ3n) is 2.61. The van der Waals surface area contributed by atoms with Crippen molar-refractivity contribution in [3.63, 3.8) is 0 Å². The fourth-order valence-corrected chi connectivity index (χ4v) is 1.75. The van der Waals surface area contributed by atoms with E-state index in [2.05, 4.69) is 19.9 Å². The summed E-state index contributed by atoms with van der Waals surface area (Å²) in [7, 11) is 0. The second-order valence-corrected chi connectivity index (χ2v) is 3.80. The van der Waals surface area contributed by atoms with Crippen LogP contribution in [0.1, 0.15) is 0 Å². The first-order valence-corrected chi connectivity index (χ1v) is 5.33. The van der Waals surface area contributed by atoms with Gasteiger partial charge in [-0.25, -0.2) is 9.97 Å². The van der Waals surface area contributed by atoms with Gasteiger partial charge in [0.15, 0.2) is 5.65 Å². The molecule has 0 radical (unpaired) electrons. The van der Waals surface area contributed by atoms with Gasteiger partial charge < -0.3 is 11.5 Å². The molecule has 6 heteroatoms. The smallest absolute Gasteiger partial charge is 0.222 e. The minimum atomic E-state index is 0.186. The Bertz CT molecular complexity index is 710. The summed E-state index contributed by atoms with van der Waals surface area (Å²) >= 11 is 0. The van der Waals surface area contributed by atoms with E-state index in [0.717, 1.165) is 16.5 Å². The number of pyridine rings is 2. The standard InChI is InChI=1S/C12H10N6/c13-10-9(7-1-3-15-4-2-7)5-8-6-16-12(14)18-11(8)17-10/h1-6H,(H4,13,14,16,17,18). The minimum absolute atomic E-state index is 0.186. The molecule has 0 aliphatic rings. The predicted octanol–water partition coefficient (Wildman–Crippen LogP) is 1.25. The second kappa shape index (κ2) is 3.92. The van der Waals surface area contributed by atoms with E-state index in [9.17, 15) is 0 Å². The summed E-state index contributed by atoms with van der Waals surface area (Å²) in [5, 5.41) is 0.796. The maximum absolute atomic E-state index is 5.94. The zero-order chi connectivity index (χ0) is 12.5. The molecule has 0 spiro atoms. The van der Waals surface area contributed by atoms with E-state index in [0.29, 0.717) is 11.5 Å². The molecule has 4 N–H and O–H groups in total. The first-order chi connectivity index (χ1) is 8.74. The van der Waals surface area contributed by atoms with Crippen LogP contribution in [0.5, 0.6) is 0 Å². The highest BCUT2D eigenvalue weighted by Crippen LogP contribution is 2.26. The quantitative estimate of drug-likeness (QED) is 0.661. The van der Waals surface area contributed by atoms with Gasteiger partial charge in [0.05, 0.1) is 0 Å². The SMILES string of the molecule is Nc1ncc2cc(-c3ccncc3)c(N)nc2n1. The highest BCUT2D eigenvalue weighted by Gasteiger charge is 2.07. The molecule has 0 aromatic carbocycles. The van der Waals surface area contributed by atoms with Crippen LogP contribution in [0.3, 0.4) is 0 Å². The number of fused-ring (bicyclic) bond motifs is 1. The van der Waals surface area contributed by atoms with Crippen molar-refractivity contribution >= 4 is 22.8 Å². The van der Waals surface area contributed by atoms with Crippen LogP contribution in [0, 0.1) is 0 Å². The van der Waals surface area contributed by atoms with Crippen molar-refractivity contribution in [3.8, 4) is 11.1 Å². The van der Waals surface area contributed by atoms with Gasteiger partial charge in [0.1, 0.15) is 5.82 Å². The largest absolute Gasteiger partial charge is 0.383 e. The van der Waals surface area contributed by atoms with Crippen LogP contribution in [0.2, 0.25) is 0 Å². The van der Waals surface area contributed by atoms with Crippen LogP contribution < -0.4 is 11.5 Å². The maximum atomic E-state index is 5.94. The third-order valence-corrected chi connectivity index (χ3v) is 2.61. The fourth-order valence-electron chi connectivity index (χ4n) is 1.75. The van der Waals surface area contributed by atoms with E-state index in [-0.39, 0.29) is 5.95 Å². The lowest BCUT2D eigenvalue weighted by Gasteiger charge is -2.06. The van der Waals surface area contributed by atoms with Gasteiger partial charge in [-0.1, -0.05) is 0 Å². The van der Waals surface area contributed by atoms with Gasteiger partial charge in [-0.3, -0.25) is 4.98 Å². The van der Waals surface area contributed by atoms with Crippen LogP contribution in [0.15, 0.2) is 36.8 Å². The minimum Gasteiger partial charge on any atom is -0.383 e. The number of nitrogens with two attached hydrogens (primary N) is 2. The Labute approximate surface area is 103 Å². The molecule has 0 amide bonds. The van der Waals surface area contributed by atoms with Crippen LogP contribution >= 0.6 is 0 Å². The summed E-state index contributed by atoms with van der Waals surface area (Å²) < 4.78 is 0. The van der Waals surface area contributed by atoms with Gasteiger partial charge in [-0.2, -0.15) is 4.98 Å². The molecule has 3 aromatic heterocycles. The van der Waals surface area contributed by atoms with Crippen molar-refractivity contribution in [1.29, 1.82) is 0 Å². The zero-order valence-electron chi connectivity index (χ0n) is 9.41. The van der Waals surface area contributed by atoms with E-state index >= 15 is 0 Å². The molecule has 0 aliphatic heterocycles. The lowest BCUT2D eigenvalue weighted by Crippen LogP contribution is -2.00. The number of rotatable bonds is 1. The lowest BCUT2D eigenvalue weighted by molar-refractivity contribution is 1.20. The summed E-state index contributed by atoms with van der Waals surface area (Å²) in [6.45, 7) is 0. The van der Waals surface area contributed by atoms with E-state index in [1.54, 1.807) is 18.6 Å². The van der Waals surface area contributed by atoms with Crippen molar-refractivity contribution in [2.75, 3.05) is 11.5 Å². The van der Waals surface area contributed by atoms with Crippen LogP contribution in [0.25, 0.3) is 22.2 Å². The molecule has 0 unspecified atom stereocenters. The average Bonchev–Trinajstić information content (AvgIpc) is 2.39. The second-order valence-electron chi connectivity index (χ2n) is 3.80. The Morgan fingerprint density at radius 3 is 2.56 bits per heavy atom. The van der Waals surface area contributed by atoms with Gasteiger partial charge in [-0.05, 0) is 23.8 Å². The summed E-state index contributed by atoms with van der Waals surface area (Å²) in [5.74, 6) is 0.595. The summed E-state index contributed by atoms with van der Waals surface area (Å²) in [6.07, 6.45) is 5.05. The van der Waals surface area contributed by atoms with E-state index < -0.39 is 0 Å². The molecule has 0 atom stereocenters. The first-order valence-electron chi connectivity index (χ1n) is 5.33. The normalized spacial score (nSPS) is 10.7. The van der Waals surface area contributed by atoms with Crippen molar-refractivity contribution in [1.82, 2.24) is 19.9 Å². The fraction of sp³-hybridized carbons (Fsp3) is 0. The Morgan fingerprint density at radius 2 is 1.78 bits per heavy atom. The average molecular weight is 238 g/mol. The van der Waals surface area contributed by atoms with Crippen molar-refractivity contribution < 1.29 is 0 Å². The van der Waals surface area contributed by atoms with E-state index in [1.165, 1.54) is 0 Å². The molecule has 0 bridgehead atoms. The third kappa shape index (κ3) is 1.69. The van der Waals surface area contributed by atoms with Crippen molar-refractivity contribution in [3.05, 3.63) is 36.8 Å². The number of aromatic nitrogens is 4. The molecule has 18 heavy (non-hydrogen) atoms.